The first kappa shape index (κ1) is 21.1. The van der Waals surface area contributed by atoms with Crippen molar-refractivity contribution in [3.05, 3.63) is 55.1 Å². The lowest BCUT2D eigenvalue weighted by Gasteiger charge is -2.29. The molecule has 174 valence electrons. The van der Waals surface area contributed by atoms with E-state index in [2.05, 4.69) is 44.5 Å². The number of ether oxygens (including phenoxy) is 2. The third-order valence-electron chi connectivity index (χ3n) is 6.52. The lowest BCUT2D eigenvalue weighted by atomic mass is 10.0. The van der Waals surface area contributed by atoms with Crippen LogP contribution in [0.2, 0.25) is 0 Å². The highest BCUT2D eigenvalue weighted by Crippen LogP contribution is 2.35. The predicted octanol–water partition coefficient (Wildman–Crippen LogP) is 3.65. The van der Waals surface area contributed by atoms with Crippen LogP contribution < -0.4 is 15.0 Å². The summed E-state index contributed by atoms with van der Waals surface area (Å²) >= 11 is 0. The molecule has 4 aromatic rings. The number of H-pyrrole nitrogens is 1. The number of aromatic amines is 1. The van der Waals surface area contributed by atoms with Crippen molar-refractivity contribution in [3.63, 3.8) is 0 Å². The standard InChI is InChI=1S/C26H28N6O2/c1-3-19(14-27-7-1)34-25-17-28-16-24(31-25)22-15-30-23-6-5-18(13-21(22)23)20-4-2-8-29-26(20)32-9-11-33-12-10-32/h2,4-6,8,13,15-17,19,27,30H,1,3,7,9-12,14H2/t19-/m1/s1. The molecular formula is C26H28N6O2. The van der Waals surface area contributed by atoms with Crippen molar-refractivity contribution in [1.29, 1.82) is 0 Å². The molecule has 3 aromatic heterocycles. The van der Waals surface area contributed by atoms with Crippen molar-refractivity contribution in [3.8, 4) is 28.3 Å². The zero-order chi connectivity index (χ0) is 22.7. The zero-order valence-corrected chi connectivity index (χ0v) is 19.0. The van der Waals surface area contributed by atoms with Crippen LogP contribution in [0.1, 0.15) is 12.8 Å². The molecule has 0 unspecified atom stereocenters. The van der Waals surface area contributed by atoms with E-state index in [0.29, 0.717) is 5.88 Å². The van der Waals surface area contributed by atoms with Crippen molar-refractivity contribution in [1.82, 2.24) is 25.3 Å². The number of fused-ring (bicyclic) bond motifs is 1. The summed E-state index contributed by atoms with van der Waals surface area (Å²) in [4.78, 5) is 19.6. The number of pyridine rings is 1. The number of nitrogens with one attached hydrogen (secondary N) is 2. The van der Waals surface area contributed by atoms with Crippen LogP contribution in [-0.2, 0) is 4.74 Å². The van der Waals surface area contributed by atoms with Crippen molar-refractivity contribution in [2.24, 2.45) is 0 Å². The Morgan fingerprint density at radius 2 is 2.03 bits per heavy atom. The number of anilines is 1. The summed E-state index contributed by atoms with van der Waals surface area (Å²) in [6.45, 7) is 5.05. The highest BCUT2D eigenvalue weighted by molar-refractivity contribution is 5.97. The van der Waals surface area contributed by atoms with Gasteiger partial charge in [-0.2, -0.15) is 0 Å². The van der Waals surface area contributed by atoms with E-state index >= 15 is 0 Å². The van der Waals surface area contributed by atoms with E-state index in [9.17, 15) is 0 Å². The predicted molar refractivity (Wildman–Crippen MR) is 132 cm³/mol. The lowest BCUT2D eigenvalue weighted by Crippen LogP contribution is -2.37. The largest absolute Gasteiger partial charge is 0.472 e. The number of piperidine rings is 1. The Bertz CT molecular complexity index is 1280. The average Bonchev–Trinajstić information content (AvgIpc) is 3.33. The number of hydrogen-bond donors (Lipinski definition) is 2. The highest BCUT2D eigenvalue weighted by Gasteiger charge is 2.19. The summed E-state index contributed by atoms with van der Waals surface area (Å²) in [7, 11) is 0. The molecule has 0 saturated carbocycles. The molecule has 0 radical (unpaired) electrons. The molecule has 2 aliphatic heterocycles. The Kier molecular flexibility index (Phi) is 5.83. The minimum absolute atomic E-state index is 0.136. The number of hydrogen-bond acceptors (Lipinski definition) is 7. The van der Waals surface area contributed by atoms with Crippen molar-refractivity contribution < 1.29 is 9.47 Å². The van der Waals surface area contributed by atoms with Crippen molar-refractivity contribution in [2.75, 3.05) is 44.3 Å². The SMILES string of the molecule is c1cnc(N2CCOCC2)c(-c2ccc3[nH]cc(-c4cncc(O[C@@H]5CCCNC5)n4)c3c2)c1. The molecule has 0 bridgehead atoms. The second-order valence-corrected chi connectivity index (χ2v) is 8.77. The molecule has 8 heteroatoms. The Morgan fingerprint density at radius 1 is 1.09 bits per heavy atom. The van der Waals surface area contributed by atoms with Crippen LogP contribution >= 0.6 is 0 Å². The number of nitrogens with zero attached hydrogens (tertiary/aromatic N) is 4. The van der Waals surface area contributed by atoms with E-state index in [1.807, 2.05) is 18.5 Å². The van der Waals surface area contributed by atoms with Gasteiger partial charge in [-0.15, -0.1) is 0 Å². The number of rotatable bonds is 5. The van der Waals surface area contributed by atoms with Crippen molar-refractivity contribution in [2.45, 2.75) is 18.9 Å². The van der Waals surface area contributed by atoms with Gasteiger partial charge in [0.2, 0.25) is 5.88 Å². The molecule has 1 aromatic carbocycles. The van der Waals surface area contributed by atoms with Gasteiger partial charge in [-0.3, -0.25) is 4.98 Å². The second kappa shape index (κ2) is 9.40. The van der Waals surface area contributed by atoms with Crippen molar-refractivity contribution >= 4 is 16.7 Å². The fraction of sp³-hybridized carbons (Fsp3) is 0.346. The quantitative estimate of drug-likeness (QED) is 0.474. The fourth-order valence-electron chi connectivity index (χ4n) is 4.78. The number of morpholine rings is 1. The van der Waals surface area contributed by atoms with Gasteiger partial charge in [0.15, 0.2) is 0 Å². The van der Waals surface area contributed by atoms with Gasteiger partial charge < -0.3 is 24.7 Å². The zero-order valence-electron chi connectivity index (χ0n) is 19.0. The third kappa shape index (κ3) is 4.22. The normalized spacial score (nSPS) is 18.8. The Balaban J connectivity index is 1.34. The van der Waals surface area contributed by atoms with Gasteiger partial charge in [-0.25, -0.2) is 9.97 Å². The van der Waals surface area contributed by atoms with Gasteiger partial charge in [0.05, 0.1) is 31.3 Å². The van der Waals surface area contributed by atoms with E-state index in [4.69, 9.17) is 19.4 Å². The number of aromatic nitrogens is 4. The second-order valence-electron chi connectivity index (χ2n) is 8.77. The van der Waals surface area contributed by atoms with Crippen LogP contribution in [-0.4, -0.2) is 65.4 Å². The smallest absolute Gasteiger partial charge is 0.233 e. The summed E-state index contributed by atoms with van der Waals surface area (Å²) < 4.78 is 11.6. The maximum atomic E-state index is 6.11. The maximum absolute atomic E-state index is 6.11. The molecular weight excluding hydrogens is 428 g/mol. The molecule has 0 aliphatic carbocycles. The molecule has 34 heavy (non-hydrogen) atoms. The summed E-state index contributed by atoms with van der Waals surface area (Å²) in [6, 6.07) is 10.6. The third-order valence-corrected chi connectivity index (χ3v) is 6.52. The number of benzene rings is 1. The summed E-state index contributed by atoms with van der Waals surface area (Å²) in [6.07, 6.45) is 9.63. The molecule has 2 aliphatic rings. The minimum Gasteiger partial charge on any atom is -0.472 e. The van der Waals surface area contributed by atoms with Crippen LogP contribution in [0.5, 0.6) is 5.88 Å². The van der Waals surface area contributed by atoms with E-state index in [-0.39, 0.29) is 6.10 Å². The van der Waals surface area contributed by atoms with E-state index in [0.717, 1.165) is 91.3 Å². The molecule has 2 saturated heterocycles. The van der Waals surface area contributed by atoms with Crippen LogP contribution in [0.25, 0.3) is 33.3 Å². The van der Waals surface area contributed by atoms with Gasteiger partial charge in [0.25, 0.3) is 0 Å². The summed E-state index contributed by atoms with van der Waals surface area (Å²) in [5, 5.41) is 4.47. The molecule has 0 spiro atoms. The monoisotopic (exact) mass is 456 g/mol. The molecule has 2 N–H and O–H groups in total. The Hall–Kier alpha value is -3.49. The minimum atomic E-state index is 0.136. The first-order chi connectivity index (χ1) is 16.8. The van der Waals surface area contributed by atoms with E-state index in [1.165, 1.54) is 0 Å². The first-order valence-electron chi connectivity index (χ1n) is 11.9. The van der Waals surface area contributed by atoms with Gasteiger partial charge in [-0.05, 0) is 49.2 Å². The average molecular weight is 457 g/mol. The highest BCUT2D eigenvalue weighted by atomic mass is 16.5. The molecule has 1 atom stereocenters. The molecule has 5 heterocycles. The topological polar surface area (TPSA) is 88.2 Å². The van der Waals surface area contributed by atoms with Crippen LogP contribution in [0.3, 0.4) is 0 Å². The van der Waals surface area contributed by atoms with Gasteiger partial charge in [-0.1, -0.05) is 6.07 Å². The Morgan fingerprint density at radius 3 is 2.91 bits per heavy atom. The Labute approximate surface area is 198 Å². The lowest BCUT2D eigenvalue weighted by molar-refractivity contribution is 0.122. The molecule has 8 nitrogen and oxygen atoms in total. The summed E-state index contributed by atoms with van der Waals surface area (Å²) in [5.74, 6) is 1.57. The first-order valence-corrected chi connectivity index (χ1v) is 11.9. The molecule has 0 amide bonds. The van der Waals surface area contributed by atoms with Gasteiger partial charge >= 0.3 is 0 Å². The van der Waals surface area contributed by atoms with Gasteiger partial charge in [0, 0.05) is 54.1 Å². The van der Waals surface area contributed by atoms with Crippen LogP contribution in [0, 0.1) is 0 Å². The fourth-order valence-corrected chi connectivity index (χ4v) is 4.78. The maximum Gasteiger partial charge on any atom is 0.233 e. The summed E-state index contributed by atoms with van der Waals surface area (Å²) in [5.41, 5.74) is 5.10. The van der Waals surface area contributed by atoms with Crippen LogP contribution in [0.15, 0.2) is 55.1 Å². The molecule has 6 rings (SSSR count). The van der Waals surface area contributed by atoms with Gasteiger partial charge in [0.1, 0.15) is 11.9 Å². The van der Waals surface area contributed by atoms with E-state index < -0.39 is 0 Å². The van der Waals surface area contributed by atoms with Crippen LogP contribution in [0.4, 0.5) is 5.82 Å². The van der Waals surface area contributed by atoms with E-state index in [1.54, 1.807) is 12.4 Å². The molecule has 2 fully saturated rings.